The molecule has 3 nitrogen and oxygen atoms in total. The van der Waals surface area contributed by atoms with E-state index < -0.39 is 0 Å². The van der Waals surface area contributed by atoms with Crippen LogP contribution in [0.4, 0.5) is 0 Å². The summed E-state index contributed by atoms with van der Waals surface area (Å²) in [6, 6.07) is 16.3. The molecule has 0 radical (unpaired) electrons. The van der Waals surface area contributed by atoms with Crippen LogP contribution in [0.1, 0.15) is 34.1 Å². The topological polar surface area (TPSA) is 42.1 Å². The van der Waals surface area contributed by atoms with E-state index in [0.717, 1.165) is 16.5 Å². The Morgan fingerprint density at radius 1 is 1.14 bits per heavy atom. The minimum absolute atomic E-state index is 0.290. The highest BCUT2D eigenvalue weighted by atomic mass is 16.5. The second-order valence-corrected chi connectivity index (χ2v) is 5.41. The van der Waals surface area contributed by atoms with Gasteiger partial charge in [0.25, 0.3) is 0 Å². The lowest BCUT2D eigenvalue weighted by Crippen LogP contribution is -2.08. The van der Waals surface area contributed by atoms with Gasteiger partial charge >= 0.3 is 5.97 Å². The van der Waals surface area contributed by atoms with Crippen LogP contribution in [-0.2, 0) is 11.2 Å². The van der Waals surface area contributed by atoms with E-state index in [1.54, 1.807) is 0 Å². The molecule has 0 atom stereocenters. The highest BCUT2D eigenvalue weighted by Crippen LogP contribution is 2.26. The number of aromatic nitrogens is 1. The van der Waals surface area contributed by atoms with Gasteiger partial charge in [0.1, 0.15) is 5.69 Å². The first-order valence-corrected chi connectivity index (χ1v) is 7.51. The van der Waals surface area contributed by atoms with Crippen LogP contribution in [0.15, 0.2) is 48.5 Å². The number of esters is 1. The molecule has 1 aromatic heterocycles. The Kier molecular flexibility index (Phi) is 3.96. The molecule has 0 aliphatic rings. The number of benzene rings is 2. The number of carbonyl (C=O) groups excluding carboxylic acids is 1. The molecule has 0 bridgehead atoms. The predicted molar refractivity (Wildman–Crippen MR) is 88.2 cm³/mol. The molecule has 0 saturated carbocycles. The Bertz CT molecular complexity index is 803. The highest BCUT2D eigenvalue weighted by Gasteiger charge is 2.19. The first kappa shape index (κ1) is 14.4. The number of hydrogen-bond donors (Lipinski definition) is 1. The van der Waals surface area contributed by atoms with Gasteiger partial charge in [0.05, 0.1) is 6.61 Å². The van der Waals surface area contributed by atoms with Crippen molar-refractivity contribution in [2.45, 2.75) is 20.3 Å². The third-order valence-corrected chi connectivity index (χ3v) is 3.76. The van der Waals surface area contributed by atoms with Gasteiger partial charge in [-0.15, -0.1) is 0 Å². The number of aryl methyl sites for hydroxylation is 1. The van der Waals surface area contributed by atoms with Gasteiger partial charge in [0.15, 0.2) is 0 Å². The van der Waals surface area contributed by atoms with Crippen molar-refractivity contribution in [2.75, 3.05) is 6.61 Å². The molecule has 0 aliphatic heterocycles. The number of fused-ring (bicyclic) bond motifs is 1. The summed E-state index contributed by atoms with van der Waals surface area (Å²) in [6.45, 7) is 4.25. The monoisotopic (exact) mass is 293 g/mol. The summed E-state index contributed by atoms with van der Waals surface area (Å²) in [5.41, 5.74) is 4.89. The molecule has 3 rings (SSSR count). The van der Waals surface area contributed by atoms with Crippen LogP contribution in [0.3, 0.4) is 0 Å². The number of nitrogens with one attached hydrogen (secondary N) is 1. The normalized spacial score (nSPS) is 10.8. The number of carbonyl (C=O) groups is 1. The second kappa shape index (κ2) is 6.06. The maximum Gasteiger partial charge on any atom is 0.355 e. The van der Waals surface area contributed by atoms with Crippen LogP contribution in [0.5, 0.6) is 0 Å². The first-order valence-electron chi connectivity index (χ1n) is 7.51. The van der Waals surface area contributed by atoms with Crippen molar-refractivity contribution in [3.8, 4) is 0 Å². The van der Waals surface area contributed by atoms with Crippen molar-refractivity contribution in [1.29, 1.82) is 0 Å². The molecule has 3 heteroatoms. The molecule has 1 N–H and O–H groups in total. The van der Waals surface area contributed by atoms with Gasteiger partial charge in [-0.1, -0.05) is 42.0 Å². The first-order chi connectivity index (χ1) is 10.7. The van der Waals surface area contributed by atoms with Gasteiger partial charge in [-0.05, 0) is 37.1 Å². The summed E-state index contributed by atoms with van der Waals surface area (Å²) in [4.78, 5) is 15.5. The number of aromatic amines is 1. The zero-order chi connectivity index (χ0) is 15.5. The Morgan fingerprint density at radius 2 is 1.91 bits per heavy atom. The van der Waals surface area contributed by atoms with Crippen molar-refractivity contribution in [3.05, 3.63) is 70.9 Å². The summed E-state index contributed by atoms with van der Waals surface area (Å²) >= 11 is 0. The zero-order valence-electron chi connectivity index (χ0n) is 12.8. The van der Waals surface area contributed by atoms with E-state index in [0.29, 0.717) is 18.7 Å². The van der Waals surface area contributed by atoms with Crippen LogP contribution in [0, 0.1) is 6.92 Å². The van der Waals surface area contributed by atoms with Crippen molar-refractivity contribution >= 4 is 16.9 Å². The molecule has 2 aromatic carbocycles. The Balaban J connectivity index is 2.13. The fourth-order valence-electron chi connectivity index (χ4n) is 2.72. The van der Waals surface area contributed by atoms with Gasteiger partial charge in [-0.3, -0.25) is 0 Å². The smallest absolute Gasteiger partial charge is 0.355 e. The summed E-state index contributed by atoms with van der Waals surface area (Å²) < 4.78 is 5.20. The van der Waals surface area contributed by atoms with Crippen LogP contribution >= 0.6 is 0 Å². The summed E-state index contributed by atoms with van der Waals surface area (Å²) in [5.74, 6) is -0.290. The van der Waals surface area contributed by atoms with E-state index in [2.05, 4.69) is 30.1 Å². The Morgan fingerprint density at radius 3 is 2.64 bits per heavy atom. The highest BCUT2D eigenvalue weighted by molar-refractivity contribution is 5.98. The van der Waals surface area contributed by atoms with E-state index in [9.17, 15) is 4.79 Å². The van der Waals surface area contributed by atoms with Crippen molar-refractivity contribution in [3.63, 3.8) is 0 Å². The van der Waals surface area contributed by atoms with E-state index in [1.165, 1.54) is 11.1 Å². The number of hydrogen-bond acceptors (Lipinski definition) is 2. The lowest BCUT2D eigenvalue weighted by Gasteiger charge is -2.05. The van der Waals surface area contributed by atoms with Gasteiger partial charge in [0.2, 0.25) is 0 Å². The minimum atomic E-state index is -0.290. The molecule has 0 unspecified atom stereocenters. The molecule has 3 aromatic rings. The Labute approximate surface area is 129 Å². The van der Waals surface area contributed by atoms with Gasteiger partial charge in [-0.25, -0.2) is 4.79 Å². The zero-order valence-corrected chi connectivity index (χ0v) is 12.8. The summed E-state index contributed by atoms with van der Waals surface area (Å²) in [5, 5.41) is 1.09. The largest absolute Gasteiger partial charge is 0.461 e. The fourth-order valence-corrected chi connectivity index (χ4v) is 2.72. The number of H-pyrrole nitrogens is 1. The second-order valence-electron chi connectivity index (χ2n) is 5.41. The summed E-state index contributed by atoms with van der Waals surface area (Å²) in [6.07, 6.45) is 0.707. The van der Waals surface area contributed by atoms with Gasteiger partial charge in [-0.2, -0.15) is 0 Å². The quantitative estimate of drug-likeness (QED) is 0.731. The fraction of sp³-hybridized carbons (Fsp3) is 0.211. The van der Waals surface area contributed by atoms with Crippen molar-refractivity contribution in [1.82, 2.24) is 4.98 Å². The molecule has 0 spiro atoms. The Hall–Kier alpha value is -2.55. The van der Waals surface area contributed by atoms with Crippen molar-refractivity contribution in [2.24, 2.45) is 0 Å². The number of ether oxygens (including phenoxy) is 1. The molecule has 0 aliphatic carbocycles. The van der Waals surface area contributed by atoms with E-state index in [-0.39, 0.29) is 5.97 Å². The van der Waals surface area contributed by atoms with Gasteiger partial charge in [0, 0.05) is 17.3 Å². The van der Waals surface area contributed by atoms with Crippen LogP contribution < -0.4 is 0 Å². The predicted octanol–water partition coefficient (Wildman–Crippen LogP) is 4.24. The van der Waals surface area contributed by atoms with Crippen LogP contribution in [0.2, 0.25) is 0 Å². The van der Waals surface area contributed by atoms with Crippen LogP contribution in [-0.4, -0.2) is 17.6 Å². The molecular weight excluding hydrogens is 274 g/mol. The average Bonchev–Trinajstić information content (AvgIpc) is 2.87. The third kappa shape index (κ3) is 2.75. The standard InChI is InChI=1S/C19H19NO2/c1-3-22-19(21)18-16(12-14-7-5-4-6-8-14)15-11-13(2)9-10-17(15)20-18/h4-11,20H,3,12H2,1-2H3. The third-order valence-electron chi connectivity index (χ3n) is 3.76. The maximum absolute atomic E-state index is 12.3. The molecule has 0 amide bonds. The molecule has 112 valence electrons. The average molecular weight is 293 g/mol. The SMILES string of the molecule is CCOC(=O)c1[nH]c2ccc(C)cc2c1Cc1ccccc1. The van der Waals surface area contributed by atoms with Crippen LogP contribution in [0.25, 0.3) is 10.9 Å². The number of rotatable bonds is 4. The minimum Gasteiger partial charge on any atom is -0.461 e. The van der Waals surface area contributed by atoms with Gasteiger partial charge < -0.3 is 9.72 Å². The van der Waals surface area contributed by atoms with E-state index >= 15 is 0 Å². The van der Waals surface area contributed by atoms with E-state index in [1.807, 2.05) is 37.3 Å². The molecule has 0 saturated heterocycles. The molecule has 22 heavy (non-hydrogen) atoms. The molecule has 0 fully saturated rings. The van der Waals surface area contributed by atoms with Crippen molar-refractivity contribution < 1.29 is 9.53 Å². The molecular formula is C19H19NO2. The summed E-state index contributed by atoms with van der Waals surface area (Å²) in [7, 11) is 0. The lowest BCUT2D eigenvalue weighted by molar-refractivity contribution is 0.0519. The molecule has 1 heterocycles. The maximum atomic E-state index is 12.3. The van der Waals surface area contributed by atoms with E-state index in [4.69, 9.17) is 4.74 Å². The lowest BCUT2D eigenvalue weighted by atomic mass is 10.0.